The molecule has 0 spiro atoms. The van der Waals surface area contributed by atoms with Crippen LogP contribution in [0, 0.1) is 0 Å². The highest BCUT2D eigenvalue weighted by Crippen LogP contribution is 2.28. The van der Waals surface area contributed by atoms with Crippen LogP contribution in [0.4, 0.5) is 0 Å². The van der Waals surface area contributed by atoms with Crippen molar-refractivity contribution in [1.29, 1.82) is 0 Å². The zero-order valence-electron chi connectivity index (χ0n) is 17.6. The Kier molecular flexibility index (Phi) is 8.03. The maximum absolute atomic E-state index is 13.0. The Morgan fingerprint density at radius 1 is 1.06 bits per heavy atom. The van der Waals surface area contributed by atoms with Crippen LogP contribution in [0.2, 0.25) is 5.02 Å². The van der Waals surface area contributed by atoms with E-state index < -0.39 is 34.4 Å². The minimum Gasteiger partial charge on any atom is -0.495 e. The van der Waals surface area contributed by atoms with Gasteiger partial charge < -0.3 is 14.2 Å². The standard InChI is InChI=1S/C21H21ClN2O8S/c1-30-17-7-4-15(12-18(17)33(28,29)24-8-10-31-11-9-24)21(27)32-13-19(25)23-20(26)14-2-5-16(22)6-3-14/h2-7,12H,8-11,13H2,1H3,(H,23,25,26). The third-order valence-electron chi connectivity index (χ3n) is 4.68. The lowest BCUT2D eigenvalue weighted by Gasteiger charge is -2.26. The smallest absolute Gasteiger partial charge is 0.338 e. The zero-order chi connectivity index (χ0) is 24.0. The fraction of sp³-hybridized carbons (Fsp3) is 0.286. The number of nitrogens with zero attached hydrogens (tertiary/aromatic N) is 1. The first-order chi connectivity index (χ1) is 15.7. The summed E-state index contributed by atoms with van der Waals surface area (Å²) in [5.41, 5.74) is 0.103. The molecular formula is C21H21ClN2O8S. The van der Waals surface area contributed by atoms with Gasteiger partial charge in [-0.2, -0.15) is 4.31 Å². The van der Waals surface area contributed by atoms with E-state index in [9.17, 15) is 22.8 Å². The number of carbonyl (C=O) groups is 3. The Balaban J connectivity index is 1.67. The molecule has 0 bridgehead atoms. The van der Waals surface area contributed by atoms with E-state index in [4.69, 9.17) is 25.8 Å². The first-order valence-electron chi connectivity index (χ1n) is 9.75. The van der Waals surface area contributed by atoms with Crippen molar-refractivity contribution in [2.75, 3.05) is 40.0 Å². The molecule has 1 heterocycles. The molecule has 176 valence electrons. The fourth-order valence-corrected chi connectivity index (χ4v) is 4.70. The Hall–Kier alpha value is -2.99. The van der Waals surface area contributed by atoms with Crippen molar-refractivity contribution in [3.05, 3.63) is 58.6 Å². The molecule has 2 aromatic carbocycles. The van der Waals surface area contributed by atoms with Gasteiger partial charge in [-0.25, -0.2) is 13.2 Å². The molecule has 0 saturated carbocycles. The van der Waals surface area contributed by atoms with E-state index in [1.165, 1.54) is 47.8 Å². The molecule has 2 aromatic rings. The Labute approximate surface area is 195 Å². The second-order valence-electron chi connectivity index (χ2n) is 6.84. The normalized spacial score (nSPS) is 14.4. The number of nitrogens with one attached hydrogen (secondary N) is 1. The van der Waals surface area contributed by atoms with E-state index in [1.54, 1.807) is 0 Å². The van der Waals surface area contributed by atoms with Gasteiger partial charge in [-0.1, -0.05) is 11.6 Å². The van der Waals surface area contributed by atoms with Crippen LogP contribution in [-0.4, -0.2) is 70.5 Å². The molecule has 1 aliphatic heterocycles. The van der Waals surface area contributed by atoms with Crippen molar-refractivity contribution in [3.8, 4) is 5.75 Å². The molecule has 0 unspecified atom stereocenters. The lowest BCUT2D eigenvalue weighted by molar-refractivity contribution is -0.123. The molecule has 1 N–H and O–H groups in total. The topological polar surface area (TPSA) is 128 Å². The summed E-state index contributed by atoms with van der Waals surface area (Å²) in [4.78, 5) is 36.3. The summed E-state index contributed by atoms with van der Waals surface area (Å²) >= 11 is 5.76. The number of sulfonamides is 1. The number of carbonyl (C=O) groups excluding carboxylic acids is 3. The molecule has 1 aliphatic rings. The highest BCUT2D eigenvalue weighted by atomic mass is 35.5. The molecule has 1 fully saturated rings. The number of methoxy groups -OCH3 is 1. The zero-order valence-corrected chi connectivity index (χ0v) is 19.1. The summed E-state index contributed by atoms with van der Waals surface area (Å²) in [5, 5.41) is 2.52. The first-order valence-corrected chi connectivity index (χ1v) is 11.6. The Morgan fingerprint density at radius 3 is 2.33 bits per heavy atom. The second kappa shape index (κ2) is 10.8. The van der Waals surface area contributed by atoms with Gasteiger partial charge in [-0.15, -0.1) is 0 Å². The monoisotopic (exact) mass is 496 g/mol. The van der Waals surface area contributed by atoms with Crippen molar-refractivity contribution in [2.45, 2.75) is 4.90 Å². The third kappa shape index (κ3) is 6.08. The van der Waals surface area contributed by atoms with E-state index in [-0.39, 0.29) is 48.1 Å². The highest BCUT2D eigenvalue weighted by molar-refractivity contribution is 7.89. The van der Waals surface area contributed by atoms with Crippen molar-refractivity contribution < 1.29 is 37.0 Å². The van der Waals surface area contributed by atoms with Crippen LogP contribution in [0.3, 0.4) is 0 Å². The highest BCUT2D eigenvalue weighted by Gasteiger charge is 2.30. The summed E-state index contributed by atoms with van der Waals surface area (Å²) in [7, 11) is -2.64. The maximum Gasteiger partial charge on any atom is 0.338 e. The number of amides is 2. The molecule has 0 atom stereocenters. The number of hydrogen-bond acceptors (Lipinski definition) is 8. The molecule has 3 rings (SSSR count). The molecular weight excluding hydrogens is 476 g/mol. The average molecular weight is 497 g/mol. The van der Waals surface area contributed by atoms with E-state index in [1.807, 2.05) is 0 Å². The lowest BCUT2D eigenvalue weighted by atomic mass is 10.2. The van der Waals surface area contributed by atoms with Crippen LogP contribution < -0.4 is 10.1 Å². The van der Waals surface area contributed by atoms with Crippen LogP contribution in [0.25, 0.3) is 0 Å². The van der Waals surface area contributed by atoms with Crippen LogP contribution in [0.5, 0.6) is 5.75 Å². The largest absolute Gasteiger partial charge is 0.495 e. The summed E-state index contributed by atoms with van der Waals surface area (Å²) < 4.78 is 42.5. The number of benzene rings is 2. The van der Waals surface area contributed by atoms with Crippen molar-refractivity contribution >= 4 is 39.4 Å². The molecule has 0 radical (unpaired) electrons. The van der Waals surface area contributed by atoms with Gasteiger partial charge >= 0.3 is 5.97 Å². The molecule has 1 saturated heterocycles. The Morgan fingerprint density at radius 2 is 1.70 bits per heavy atom. The van der Waals surface area contributed by atoms with Gasteiger partial charge in [-0.05, 0) is 42.5 Å². The van der Waals surface area contributed by atoms with E-state index in [0.29, 0.717) is 5.02 Å². The molecule has 33 heavy (non-hydrogen) atoms. The minimum absolute atomic E-state index is 0.0596. The number of esters is 1. The quantitative estimate of drug-likeness (QED) is 0.571. The predicted octanol–water partition coefficient (Wildman–Crippen LogP) is 1.48. The summed E-state index contributed by atoms with van der Waals surface area (Å²) in [6.07, 6.45) is 0. The van der Waals surface area contributed by atoms with Crippen LogP contribution >= 0.6 is 11.6 Å². The molecule has 10 nitrogen and oxygen atoms in total. The number of hydrogen-bond donors (Lipinski definition) is 1. The molecule has 2 amide bonds. The summed E-state index contributed by atoms with van der Waals surface area (Å²) in [6, 6.07) is 9.63. The number of rotatable bonds is 7. The van der Waals surface area contributed by atoms with E-state index in [0.717, 1.165) is 6.07 Å². The van der Waals surface area contributed by atoms with Gasteiger partial charge in [0.2, 0.25) is 10.0 Å². The minimum atomic E-state index is -3.95. The SMILES string of the molecule is COc1ccc(C(=O)OCC(=O)NC(=O)c2ccc(Cl)cc2)cc1S(=O)(=O)N1CCOCC1. The lowest BCUT2D eigenvalue weighted by Crippen LogP contribution is -2.40. The Bertz CT molecular complexity index is 1150. The van der Waals surface area contributed by atoms with E-state index >= 15 is 0 Å². The number of ether oxygens (including phenoxy) is 3. The molecule has 0 aliphatic carbocycles. The van der Waals surface area contributed by atoms with Gasteiger partial charge in [0, 0.05) is 23.7 Å². The van der Waals surface area contributed by atoms with Crippen LogP contribution in [0.15, 0.2) is 47.4 Å². The van der Waals surface area contributed by atoms with E-state index in [2.05, 4.69) is 5.32 Å². The number of halogens is 1. The molecule has 12 heteroatoms. The summed E-state index contributed by atoms with van der Waals surface area (Å²) in [6.45, 7) is 0.111. The van der Waals surface area contributed by atoms with Gasteiger partial charge in [-0.3, -0.25) is 14.9 Å². The van der Waals surface area contributed by atoms with Gasteiger partial charge in [0.25, 0.3) is 11.8 Å². The third-order valence-corrected chi connectivity index (χ3v) is 6.85. The van der Waals surface area contributed by atoms with Crippen LogP contribution in [0.1, 0.15) is 20.7 Å². The predicted molar refractivity (Wildman–Crippen MR) is 117 cm³/mol. The fourth-order valence-electron chi connectivity index (χ4n) is 2.98. The second-order valence-corrected chi connectivity index (χ2v) is 9.19. The summed E-state index contributed by atoms with van der Waals surface area (Å²) in [5.74, 6) is -2.41. The number of imide groups is 1. The van der Waals surface area contributed by atoms with Gasteiger partial charge in [0.05, 0.1) is 25.9 Å². The number of morpholine rings is 1. The van der Waals surface area contributed by atoms with Crippen molar-refractivity contribution in [1.82, 2.24) is 9.62 Å². The first kappa shape index (κ1) is 24.6. The van der Waals surface area contributed by atoms with Crippen molar-refractivity contribution in [3.63, 3.8) is 0 Å². The van der Waals surface area contributed by atoms with Crippen molar-refractivity contribution in [2.24, 2.45) is 0 Å². The average Bonchev–Trinajstić information content (AvgIpc) is 2.83. The van der Waals surface area contributed by atoms with Gasteiger partial charge in [0.1, 0.15) is 10.6 Å². The maximum atomic E-state index is 13.0. The molecule has 0 aromatic heterocycles. The van der Waals surface area contributed by atoms with Crippen LogP contribution in [-0.2, 0) is 24.3 Å². The van der Waals surface area contributed by atoms with Gasteiger partial charge in [0.15, 0.2) is 6.61 Å².